The third-order valence-corrected chi connectivity index (χ3v) is 3.44. The summed E-state index contributed by atoms with van der Waals surface area (Å²) < 4.78 is 5.45. The Morgan fingerprint density at radius 2 is 2.19 bits per heavy atom. The zero-order valence-corrected chi connectivity index (χ0v) is 11.6. The van der Waals surface area contributed by atoms with Gasteiger partial charge in [0.1, 0.15) is 0 Å². The van der Waals surface area contributed by atoms with E-state index in [1.807, 2.05) is 30.3 Å². The van der Waals surface area contributed by atoms with E-state index in [2.05, 4.69) is 5.92 Å². The van der Waals surface area contributed by atoms with Crippen molar-refractivity contribution in [3.8, 4) is 12.3 Å². The van der Waals surface area contributed by atoms with Crippen molar-refractivity contribution >= 4 is 11.9 Å². The second kappa shape index (κ2) is 6.91. The molecule has 0 bridgehead atoms. The molecule has 1 N–H and O–H groups in total. The first kappa shape index (κ1) is 15.1. The quantitative estimate of drug-likeness (QED) is 0.797. The van der Waals surface area contributed by atoms with Gasteiger partial charge < -0.3 is 14.7 Å². The third-order valence-electron chi connectivity index (χ3n) is 3.44. The molecule has 1 fully saturated rings. The molecule has 1 aromatic carbocycles. The number of amides is 1. The molecule has 1 heterocycles. The minimum atomic E-state index is -1.07. The second-order valence-electron chi connectivity index (χ2n) is 4.97. The van der Waals surface area contributed by atoms with Gasteiger partial charge in [-0.1, -0.05) is 30.3 Å². The maximum Gasteiger partial charge on any atom is 0.328 e. The van der Waals surface area contributed by atoms with Gasteiger partial charge in [-0.15, -0.1) is 12.3 Å². The average molecular weight is 287 g/mol. The van der Waals surface area contributed by atoms with Gasteiger partial charge in [-0.2, -0.15) is 0 Å². The van der Waals surface area contributed by atoms with Crippen molar-refractivity contribution in [2.24, 2.45) is 5.92 Å². The van der Waals surface area contributed by atoms with Gasteiger partial charge in [-0.05, 0) is 5.56 Å². The number of hydrogen-bond acceptors (Lipinski definition) is 3. The van der Waals surface area contributed by atoms with Crippen molar-refractivity contribution in [2.75, 3.05) is 13.2 Å². The number of likely N-dealkylation sites (tertiary alicyclic amines) is 1. The van der Waals surface area contributed by atoms with Gasteiger partial charge in [0.2, 0.25) is 5.91 Å². The largest absolute Gasteiger partial charge is 0.480 e. The van der Waals surface area contributed by atoms with E-state index in [4.69, 9.17) is 11.2 Å². The molecule has 0 aliphatic carbocycles. The lowest BCUT2D eigenvalue weighted by molar-refractivity contribution is -0.151. The van der Waals surface area contributed by atoms with Crippen molar-refractivity contribution < 1.29 is 19.4 Å². The van der Waals surface area contributed by atoms with Crippen LogP contribution in [0.15, 0.2) is 30.3 Å². The molecule has 1 unspecified atom stereocenters. The number of terminal acetylenes is 1. The van der Waals surface area contributed by atoms with Crippen LogP contribution in [0.1, 0.15) is 12.0 Å². The van der Waals surface area contributed by atoms with Gasteiger partial charge in [0.15, 0.2) is 6.04 Å². The van der Waals surface area contributed by atoms with Crippen LogP contribution in [-0.4, -0.2) is 41.1 Å². The third kappa shape index (κ3) is 3.83. The molecule has 0 aromatic heterocycles. The molecular weight excluding hydrogens is 270 g/mol. The Bertz CT molecular complexity index is 549. The van der Waals surface area contributed by atoms with Crippen LogP contribution in [-0.2, 0) is 20.9 Å². The number of carbonyl (C=O) groups is 2. The van der Waals surface area contributed by atoms with E-state index in [0.29, 0.717) is 6.61 Å². The summed E-state index contributed by atoms with van der Waals surface area (Å²) in [5.74, 6) is 0.986. The van der Waals surface area contributed by atoms with E-state index in [-0.39, 0.29) is 31.4 Å². The van der Waals surface area contributed by atoms with Gasteiger partial charge in [0.05, 0.1) is 13.2 Å². The van der Waals surface area contributed by atoms with Crippen LogP contribution in [0.4, 0.5) is 0 Å². The first-order valence-corrected chi connectivity index (χ1v) is 6.72. The summed E-state index contributed by atoms with van der Waals surface area (Å²) in [5, 5.41) is 9.28. The molecule has 1 saturated heterocycles. The first-order chi connectivity index (χ1) is 10.1. The molecule has 5 heteroatoms. The molecule has 2 rings (SSSR count). The van der Waals surface area contributed by atoms with Crippen LogP contribution in [0.25, 0.3) is 0 Å². The fourth-order valence-corrected chi connectivity index (χ4v) is 2.30. The lowest BCUT2D eigenvalue weighted by Crippen LogP contribution is -2.45. The molecule has 110 valence electrons. The topological polar surface area (TPSA) is 66.8 Å². The number of benzene rings is 1. The SMILES string of the molecule is C#CC1CC(=O)N([C@@H](COCc2ccccc2)C(=O)O)C1. The molecule has 1 aliphatic heterocycles. The normalized spacial score (nSPS) is 19.3. The number of carboxylic acid groups (broad SMARTS) is 1. The van der Waals surface area contributed by atoms with E-state index < -0.39 is 12.0 Å². The summed E-state index contributed by atoms with van der Waals surface area (Å²) >= 11 is 0. The lowest BCUT2D eigenvalue weighted by Gasteiger charge is -2.24. The summed E-state index contributed by atoms with van der Waals surface area (Å²) in [5.41, 5.74) is 0.955. The molecular formula is C16H17NO4. The van der Waals surface area contributed by atoms with Gasteiger partial charge in [-0.3, -0.25) is 4.79 Å². The van der Waals surface area contributed by atoms with E-state index in [1.54, 1.807) is 0 Å². The number of rotatable bonds is 6. The molecule has 21 heavy (non-hydrogen) atoms. The maximum atomic E-state index is 11.8. The smallest absolute Gasteiger partial charge is 0.328 e. The maximum absolute atomic E-state index is 11.8. The van der Waals surface area contributed by atoms with E-state index in [9.17, 15) is 14.7 Å². The first-order valence-electron chi connectivity index (χ1n) is 6.72. The second-order valence-corrected chi connectivity index (χ2v) is 4.97. The fourth-order valence-electron chi connectivity index (χ4n) is 2.30. The highest BCUT2D eigenvalue weighted by molar-refractivity contribution is 5.85. The highest BCUT2D eigenvalue weighted by Crippen LogP contribution is 2.20. The Hall–Kier alpha value is -2.32. The van der Waals surface area contributed by atoms with Crippen molar-refractivity contribution in [2.45, 2.75) is 19.1 Å². The van der Waals surface area contributed by atoms with Crippen molar-refractivity contribution in [3.63, 3.8) is 0 Å². The van der Waals surface area contributed by atoms with Gasteiger partial charge >= 0.3 is 5.97 Å². The van der Waals surface area contributed by atoms with Crippen LogP contribution >= 0.6 is 0 Å². The number of aliphatic carboxylic acids is 1. The Labute approximate surface area is 123 Å². The van der Waals surface area contributed by atoms with Crippen LogP contribution in [0.2, 0.25) is 0 Å². The number of nitrogens with zero attached hydrogens (tertiary/aromatic N) is 1. The molecule has 1 aliphatic rings. The Balaban J connectivity index is 1.93. The van der Waals surface area contributed by atoms with Crippen molar-refractivity contribution in [3.05, 3.63) is 35.9 Å². The number of ether oxygens (including phenoxy) is 1. The van der Waals surface area contributed by atoms with Gasteiger partial charge in [0.25, 0.3) is 0 Å². The van der Waals surface area contributed by atoms with Gasteiger partial charge in [-0.25, -0.2) is 4.79 Å². The molecule has 2 atom stereocenters. The summed E-state index contributed by atoms with van der Waals surface area (Å²) in [6.07, 6.45) is 5.51. The average Bonchev–Trinajstić information content (AvgIpc) is 2.85. The highest BCUT2D eigenvalue weighted by Gasteiger charge is 2.37. The summed E-state index contributed by atoms with van der Waals surface area (Å²) in [6, 6.07) is 8.46. The standard InChI is InChI=1S/C16H17NO4/c1-2-12-8-15(18)17(9-12)14(16(19)20)11-21-10-13-6-4-3-5-7-13/h1,3-7,12,14H,8-11H2,(H,19,20)/t12?,14-/m0/s1. The summed E-state index contributed by atoms with van der Waals surface area (Å²) in [4.78, 5) is 24.5. The number of carboxylic acids is 1. The van der Waals surface area contributed by atoms with E-state index in [1.165, 1.54) is 4.90 Å². The Morgan fingerprint density at radius 1 is 1.48 bits per heavy atom. The fraction of sp³-hybridized carbons (Fsp3) is 0.375. The highest BCUT2D eigenvalue weighted by atomic mass is 16.5. The molecule has 5 nitrogen and oxygen atoms in total. The van der Waals surface area contributed by atoms with Crippen LogP contribution in [0.3, 0.4) is 0 Å². The monoisotopic (exact) mass is 287 g/mol. The lowest BCUT2D eigenvalue weighted by atomic mass is 10.1. The van der Waals surface area contributed by atoms with Crippen LogP contribution in [0.5, 0.6) is 0 Å². The summed E-state index contributed by atoms with van der Waals surface area (Å²) in [7, 11) is 0. The minimum Gasteiger partial charge on any atom is -0.480 e. The Kier molecular flexibility index (Phi) is 4.96. The predicted molar refractivity (Wildman–Crippen MR) is 76.2 cm³/mol. The molecule has 0 saturated carbocycles. The molecule has 0 radical (unpaired) electrons. The zero-order valence-electron chi connectivity index (χ0n) is 11.6. The molecule has 0 spiro atoms. The van der Waals surface area contributed by atoms with Crippen LogP contribution < -0.4 is 0 Å². The van der Waals surface area contributed by atoms with E-state index >= 15 is 0 Å². The Morgan fingerprint density at radius 3 is 2.76 bits per heavy atom. The summed E-state index contributed by atoms with van der Waals surface area (Å²) in [6.45, 7) is 0.541. The zero-order chi connectivity index (χ0) is 15.2. The minimum absolute atomic E-state index is 0.0484. The predicted octanol–water partition coefficient (Wildman–Crippen LogP) is 1.14. The van der Waals surface area contributed by atoms with E-state index in [0.717, 1.165) is 5.56 Å². The van der Waals surface area contributed by atoms with Crippen molar-refractivity contribution in [1.29, 1.82) is 0 Å². The van der Waals surface area contributed by atoms with Gasteiger partial charge in [0, 0.05) is 18.9 Å². The molecule has 1 aromatic rings. The van der Waals surface area contributed by atoms with Crippen LogP contribution in [0, 0.1) is 18.3 Å². The number of carbonyl (C=O) groups excluding carboxylic acids is 1. The van der Waals surface area contributed by atoms with Crippen molar-refractivity contribution in [1.82, 2.24) is 4.90 Å². The number of hydrogen-bond donors (Lipinski definition) is 1. The molecule has 1 amide bonds.